The van der Waals surface area contributed by atoms with E-state index in [0.717, 1.165) is 75.9 Å². The number of hydrogen-bond donors (Lipinski definition) is 1. The van der Waals surface area contributed by atoms with Gasteiger partial charge in [0.2, 0.25) is 0 Å². The predicted molar refractivity (Wildman–Crippen MR) is 136 cm³/mol. The molecule has 33 heavy (non-hydrogen) atoms. The number of rotatable bonds is 7. The van der Waals surface area contributed by atoms with Gasteiger partial charge in [-0.25, -0.2) is 9.97 Å². The van der Waals surface area contributed by atoms with Crippen LogP contribution in [0.4, 0.5) is 11.5 Å². The molecule has 0 bridgehead atoms. The Balaban J connectivity index is 1.31. The minimum Gasteiger partial charge on any atom is -0.370 e. The first-order chi connectivity index (χ1) is 16.2. The Hall–Kier alpha value is -2.22. The SMILES string of the molecule is CN1CCN(c2ccc(-c3nc4c(c(NCCCN5CCCC5)n3)CCN(C)C4)cc2)CC1. The van der Waals surface area contributed by atoms with Gasteiger partial charge in [0.25, 0.3) is 0 Å². The molecule has 0 atom stereocenters. The summed E-state index contributed by atoms with van der Waals surface area (Å²) in [4.78, 5) is 19.8. The molecule has 2 saturated heterocycles. The van der Waals surface area contributed by atoms with Gasteiger partial charge in [0.05, 0.1) is 5.69 Å². The Morgan fingerprint density at radius 2 is 1.61 bits per heavy atom. The third-order valence-electron chi connectivity index (χ3n) is 7.39. The number of hydrogen-bond acceptors (Lipinski definition) is 7. The van der Waals surface area contributed by atoms with Crippen LogP contribution in [0.25, 0.3) is 11.4 Å². The van der Waals surface area contributed by atoms with Gasteiger partial charge in [-0.05, 0) is 83.7 Å². The normalized spacial score (nSPS) is 20.2. The topological polar surface area (TPSA) is 50.8 Å². The molecule has 7 nitrogen and oxygen atoms in total. The molecule has 4 heterocycles. The lowest BCUT2D eigenvalue weighted by Crippen LogP contribution is -2.44. The van der Waals surface area contributed by atoms with Gasteiger partial charge in [0.15, 0.2) is 5.82 Å². The summed E-state index contributed by atoms with van der Waals surface area (Å²) in [5.41, 5.74) is 4.89. The molecule has 0 saturated carbocycles. The molecule has 178 valence electrons. The minimum atomic E-state index is 0.844. The van der Waals surface area contributed by atoms with Gasteiger partial charge in [0, 0.05) is 62.6 Å². The van der Waals surface area contributed by atoms with Gasteiger partial charge in [-0.15, -0.1) is 0 Å². The van der Waals surface area contributed by atoms with Crippen LogP contribution in [-0.4, -0.2) is 97.7 Å². The number of nitrogens with zero attached hydrogens (tertiary/aromatic N) is 6. The maximum Gasteiger partial charge on any atom is 0.161 e. The van der Waals surface area contributed by atoms with E-state index in [1.54, 1.807) is 0 Å². The average molecular weight is 450 g/mol. The Kier molecular flexibility index (Phi) is 7.09. The van der Waals surface area contributed by atoms with E-state index in [1.165, 1.54) is 49.4 Å². The number of anilines is 2. The summed E-state index contributed by atoms with van der Waals surface area (Å²) in [6.45, 7) is 11.1. The summed E-state index contributed by atoms with van der Waals surface area (Å²) >= 11 is 0. The third-order valence-corrected chi connectivity index (χ3v) is 7.39. The summed E-state index contributed by atoms with van der Waals surface area (Å²) in [6.07, 6.45) is 4.89. The van der Waals surface area contributed by atoms with Crippen molar-refractivity contribution in [1.82, 2.24) is 24.7 Å². The highest BCUT2D eigenvalue weighted by Crippen LogP contribution is 2.28. The van der Waals surface area contributed by atoms with Crippen molar-refractivity contribution in [3.8, 4) is 11.4 Å². The van der Waals surface area contributed by atoms with Crippen LogP contribution in [0.15, 0.2) is 24.3 Å². The molecule has 0 aliphatic carbocycles. The quantitative estimate of drug-likeness (QED) is 0.653. The number of likely N-dealkylation sites (tertiary alicyclic amines) is 1. The van der Waals surface area contributed by atoms with Gasteiger partial charge < -0.3 is 24.9 Å². The lowest BCUT2D eigenvalue weighted by atomic mass is 10.0. The Morgan fingerprint density at radius 1 is 0.848 bits per heavy atom. The average Bonchev–Trinajstić information content (AvgIpc) is 3.35. The van der Waals surface area contributed by atoms with Crippen molar-refractivity contribution < 1.29 is 0 Å². The zero-order valence-electron chi connectivity index (χ0n) is 20.4. The van der Waals surface area contributed by atoms with Gasteiger partial charge in [-0.3, -0.25) is 0 Å². The Labute approximate surface area is 198 Å². The monoisotopic (exact) mass is 449 g/mol. The molecule has 0 amide bonds. The van der Waals surface area contributed by atoms with Crippen molar-refractivity contribution >= 4 is 11.5 Å². The van der Waals surface area contributed by atoms with Gasteiger partial charge >= 0.3 is 0 Å². The van der Waals surface area contributed by atoms with E-state index in [9.17, 15) is 0 Å². The van der Waals surface area contributed by atoms with Crippen LogP contribution in [0.3, 0.4) is 0 Å². The van der Waals surface area contributed by atoms with Gasteiger partial charge in [-0.2, -0.15) is 0 Å². The van der Waals surface area contributed by atoms with E-state index in [4.69, 9.17) is 9.97 Å². The van der Waals surface area contributed by atoms with E-state index >= 15 is 0 Å². The van der Waals surface area contributed by atoms with Crippen LogP contribution in [-0.2, 0) is 13.0 Å². The van der Waals surface area contributed by atoms with E-state index < -0.39 is 0 Å². The zero-order valence-corrected chi connectivity index (χ0v) is 20.4. The largest absolute Gasteiger partial charge is 0.370 e. The molecule has 5 rings (SSSR count). The molecule has 0 spiro atoms. The van der Waals surface area contributed by atoms with E-state index in [2.05, 4.69) is 63.3 Å². The Bertz CT molecular complexity index is 915. The van der Waals surface area contributed by atoms with Gasteiger partial charge in [0.1, 0.15) is 5.82 Å². The van der Waals surface area contributed by atoms with Crippen LogP contribution in [0, 0.1) is 0 Å². The molecule has 2 aromatic rings. The maximum absolute atomic E-state index is 5.03. The van der Waals surface area contributed by atoms with Gasteiger partial charge in [-0.1, -0.05) is 0 Å². The maximum atomic E-state index is 5.03. The Morgan fingerprint density at radius 3 is 2.36 bits per heavy atom. The number of fused-ring (bicyclic) bond motifs is 1. The van der Waals surface area contributed by atoms with Crippen molar-refractivity contribution in [2.45, 2.75) is 32.2 Å². The summed E-state index contributed by atoms with van der Waals surface area (Å²) in [5, 5.41) is 3.68. The summed E-state index contributed by atoms with van der Waals surface area (Å²) in [7, 11) is 4.38. The lowest BCUT2D eigenvalue weighted by Gasteiger charge is -2.34. The van der Waals surface area contributed by atoms with Crippen LogP contribution in [0.2, 0.25) is 0 Å². The molecule has 3 aliphatic heterocycles. The third kappa shape index (κ3) is 5.48. The number of benzene rings is 1. The highest BCUT2D eigenvalue weighted by atomic mass is 15.2. The molecule has 7 heteroatoms. The highest BCUT2D eigenvalue weighted by molar-refractivity contribution is 5.63. The van der Waals surface area contributed by atoms with Crippen molar-refractivity contribution in [2.75, 3.05) is 83.2 Å². The molecule has 1 aromatic carbocycles. The fraction of sp³-hybridized carbons (Fsp3) is 0.615. The lowest BCUT2D eigenvalue weighted by molar-refractivity contribution is 0.307. The fourth-order valence-corrected chi connectivity index (χ4v) is 5.24. The number of piperazine rings is 1. The molecule has 0 radical (unpaired) electrons. The van der Waals surface area contributed by atoms with E-state index in [0.29, 0.717) is 0 Å². The first-order valence-electron chi connectivity index (χ1n) is 12.7. The fourth-order valence-electron chi connectivity index (χ4n) is 5.24. The van der Waals surface area contributed by atoms with Crippen LogP contribution < -0.4 is 10.2 Å². The van der Waals surface area contributed by atoms with Crippen LogP contribution in [0.1, 0.15) is 30.5 Å². The van der Waals surface area contributed by atoms with Crippen molar-refractivity contribution in [3.05, 3.63) is 35.5 Å². The highest BCUT2D eigenvalue weighted by Gasteiger charge is 2.21. The number of nitrogens with one attached hydrogen (secondary N) is 1. The van der Waals surface area contributed by atoms with Crippen LogP contribution in [0.5, 0.6) is 0 Å². The first kappa shape index (κ1) is 22.6. The summed E-state index contributed by atoms with van der Waals surface area (Å²) < 4.78 is 0. The predicted octanol–water partition coefficient (Wildman–Crippen LogP) is 2.78. The zero-order chi connectivity index (χ0) is 22.6. The first-order valence-corrected chi connectivity index (χ1v) is 12.7. The molecule has 3 aliphatic rings. The molecular weight excluding hydrogens is 410 g/mol. The van der Waals surface area contributed by atoms with Crippen LogP contribution >= 0.6 is 0 Å². The summed E-state index contributed by atoms with van der Waals surface area (Å²) in [5.74, 6) is 1.89. The van der Waals surface area contributed by atoms with E-state index in [-0.39, 0.29) is 0 Å². The van der Waals surface area contributed by atoms with E-state index in [1.807, 2.05) is 0 Å². The molecular formula is C26H39N7. The molecule has 2 fully saturated rings. The second-order valence-electron chi connectivity index (χ2n) is 9.98. The van der Waals surface area contributed by atoms with Crippen molar-refractivity contribution in [2.24, 2.45) is 0 Å². The standard InChI is InChI=1S/C26H39N7/c1-30-16-18-33(19-17-30)22-8-6-21(7-9-22)25-28-24-20-31(2)15-10-23(24)26(29-25)27-11-5-14-32-12-3-4-13-32/h6-9H,3-5,10-20H2,1-2H3,(H,27,28,29). The molecule has 0 unspecified atom stereocenters. The summed E-state index contributed by atoms with van der Waals surface area (Å²) in [6, 6.07) is 8.86. The molecule has 1 aromatic heterocycles. The smallest absolute Gasteiger partial charge is 0.161 e. The number of likely N-dealkylation sites (N-methyl/N-ethyl adjacent to an activating group) is 2. The van der Waals surface area contributed by atoms with Crippen molar-refractivity contribution in [1.29, 1.82) is 0 Å². The second-order valence-corrected chi connectivity index (χ2v) is 9.98. The van der Waals surface area contributed by atoms with Crippen molar-refractivity contribution in [3.63, 3.8) is 0 Å². The minimum absolute atomic E-state index is 0.844. The second kappa shape index (κ2) is 10.4. The molecule has 1 N–H and O–H groups in total. The number of aromatic nitrogens is 2.